The van der Waals surface area contributed by atoms with E-state index in [0.29, 0.717) is 19.3 Å². The second-order valence-electron chi connectivity index (χ2n) is 19.2. The average molecular weight is 914 g/mol. The fourth-order valence-electron chi connectivity index (χ4n) is 8.29. The summed E-state index contributed by atoms with van der Waals surface area (Å²) in [5.74, 6) is -0.875. The quantitative estimate of drug-likeness (QED) is 0.0262. The SMILES string of the molecule is CCCCC/C=C\C/C=C\CCCCCCCCCC(=O)OC[C@@H](COC(=O)CCCCCCC/C=C\CCCCCC)OC(=O)CCCCCCCCCCCCCCCCCCC. The van der Waals surface area contributed by atoms with E-state index in [-0.39, 0.29) is 31.1 Å². The van der Waals surface area contributed by atoms with Crippen molar-refractivity contribution in [1.82, 2.24) is 0 Å². The Bertz CT molecular complexity index is 1090. The normalized spacial score (nSPS) is 12.2. The molecule has 0 unspecified atom stereocenters. The summed E-state index contributed by atoms with van der Waals surface area (Å²) in [6, 6.07) is 0. The van der Waals surface area contributed by atoms with Gasteiger partial charge in [0.25, 0.3) is 0 Å². The standard InChI is InChI=1S/C59H108O6/c1-4-7-10-13-16-19-22-25-27-29-31-34-37-40-43-46-49-52-58(61)64-55-56(54-63-57(60)51-48-45-42-39-36-33-24-21-18-15-12-9-6-3)65-59(62)53-50-47-44-41-38-35-32-30-28-26-23-20-17-14-11-8-5-2/h16,19,21,24-25,27,56H,4-15,17-18,20,22-23,26,28-55H2,1-3H3/b19-16-,24-21-,27-25-/t56-/m1/s1. The number of rotatable bonds is 52. The second kappa shape index (κ2) is 54.2. The van der Waals surface area contributed by atoms with Gasteiger partial charge in [-0.3, -0.25) is 14.4 Å². The molecule has 1 atom stereocenters. The Morgan fingerprint density at radius 3 is 0.908 bits per heavy atom. The number of ether oxygens (including phenoxy) is 3. The highest BCUT2D eigenvalue weighted by Crippen LogP contribution is 2.16. The molecule has 0 saturated carbocycles. The van der Waals surface area contributed by atoms with Crippen molar-refractivity contribution in [3.63, 3.8) is 0 Å². The summed E-state index contributed by atoms with van der Waals surface area (Å²) in [7, 11) is 0. The third kappa shape index (κ3) is 52.5. The van der Waals surface area contributed by atoms with E-state index in [4.69, 9.17) is 14.2 Å². The lowest BCUT2D eigenvalue weighted by molar-refractivity contribution is -0.167. The van der Waals surface area contributed by atoms with Crippen LogP contribution in [0.1, 0.15) is 303 Å². The van der Waals surface area contributed by atoms with Crippen LogP contribution in [0.3, 0.4) is 0 Å². The van der Waals surface area contributed by atoms with Crippen molar-refractivity contribution in [3.8, 4) is 0 Å². The first-order valence-electron chi connectivity index (χ1n) is 28.5. The first kappa shape index (κ1) is 62.6. The lowest BCUT2D eigenvalue weighted by Gasteiger charge is -2.18. The molecular formula is C59H108O6. The summed E-state index contributed by atoms with van der Waals surface area (Å²) in [6.07, 6.45) is 64.1. The van der Waals surface area contributed by atoms with Gasteiger partial charge in [0.05, 0.1) is 0 Å². The predicted molar refractivity (Wildman–Crippen MR) is 279 cm³/mol. The van der Waals surface area contributed by atoms with Crippen molar-refractivity contribution in [2.45, 2.75) is 309 Å². The van der Waals surface area contributed by atoms with Crippen molar-refractivity contribution < 1.29 is 28.6 Å². The first-order valence-corrected chi connectivity index (χ1v) is 28.5. The molecule has 0 fully saturated rings. The number of unbranched alkanes of at least 4 members (excludes halogenated alkanes) is 35. The molecule has 0 bridgehead atoms. The molecule has 6 heteroatoms. The molecule has 0 aromatic rings. The van der Waals surface area contributed by atoms with Crippen LogP contribution in [0.25, 0.3) is 0 Å². The van der Waals surface area contributed by atoms with E-state index >= 15 is 0 Å². The molecule has 0 aromatic carbocycles. The van der Waals surface area contributed by atoms with Gasteiger partial charge in [0, 0.05) is 19.3 Å². The minimum absolute atomic E-state index is 0.0756. The molecule has 0 N–H and O–H groups in total. The zero-order valence-corrected chi connectivity index (χ0v) is 43.5. The maximum absolute atomic E-state index is 12.8. The Labute approximate surface area is 404 Å². The van der Waals surface area contributed by atoms with Gasteiger partial charge < -0.3 is 14.2 Å². The number of carbonyl (C=O) groups is 3. The smallest absolute Gasteiger partial charge is 0.306 e. The lowest BCUT2D eigenvalue weighted by atomic mass is 10.0. The summed E-state index contributed by atoms with van der Waals surface area (Å²) < 4.78 is 16.9. The monoisotopic (exact) mass is 913 g/mol. The van der Waals surface area contributed by atoms with Crippen molar-refractivity contribution >= 4 is 17.9 Å². The van der Waals surface area contributed by atoms with Crippen molar-refractivity contribution in [3.05, 3.63) is 36.5 Å². The topological polar surface area (TPSA) is 78.9 Å². The summed E-state index contributed by atoms with van der Waals surface area (Å²) >= 11 is 0. The molecule has 0 rings (SSSR count). The van der Waals surface area contributed by atoms with Crippen LogP contribution in [0.15, 0.2) is 36.5 Å². The van der Waals surface area contributed by atoms with Crippen molar-refractivity contribution in [1.29, 1.82) is 0 Å². The Morgan fingerprint density at radius 1 is 0.308 bits per heavy atom. The molecule has 0 heterocycles. The van der Waals surface area contributed by atoms with Crippen LogP contribution in [-0.4, -0.2) is 37.2 Å². The number of esters is 3. The molecule has 380 valence electrons. The van der Waals surface area contributed by atoms with E-state index in [1.165, 1.54) is 186 Å². The van der Waals surface area contributed by atoms with E-state index < -0.39 is 6.10 Å². The molecule has 0 spiro atoms. The molecule has 0 aliphatic rings. The first-order chi connectivity index (χ1) is 32.0. The van der Waals surface area contributed by atoms with Crippen LogP contribution in [-0.2, 0) is 28.6 Å². The summed E-state index contributed by atoms with van der Waals surface area (Å²) in [5.41, 5.74) is 0. The number of hydrogen-bond acceptors (Lipinski definition) is 6. The van der Waals surface area contributed by atoms with Gasteiger partial charge in [0.1, 0.15) is 13.2 Å². The predicted octanol–water partition coefficient (Wildman–Crippen LogP) is 18.9. The Hall–Kier alpha value is -2.37. The van der Waals surface area contributed by atoms with E-state index in [2.05, 4.69) is 57.2 Å². The maximum Gasteiger partial charge on any atom is 0.306 e. The van der Waals surface area contributed by atoms with Crippen LogP contribution in [0.4, 0.5) is 0 Å². The van der Waals surface area contributed by atoms with E-state index in [9.17, 15) is 14.4 Å². The van der Waals surface area contributed by atoms with Crippen LogP contribution >= 0.6 is 0 Å². The number of allylic oxidation sites excluding steroid dienone is 6. The number of hydrogen-bond donors (Lipinski definition) is 0. The molecule has 0 aromatic heterocycles. The molecule has 0 aliphatic heterocycles. The van der Waals surface area contributed by atoms with Crippen LogP contribution in [0.2, 0.25) is 0 Å². The molecule has 0 aliphatic carbocycles. The molecule has 0 radical (unpaired) electrons. The summed E-state index contributed by atoms with van der Waals surface area (Å²) in [5, 5.41) is 0. The molecule has 65 heavy (non-hydrogen) atoms. The van der Waals surface area contributed by atoms with Gasteiger partial charge in [-0.25, -0.2) is 0 Å². The molecular weight excluding hydrogens is 805 g/mol. The van der Waals surface area contributed by atoms with Crippen molar-refractivity contribution in [2.75, 3.05) is 13.2 Å². The Kier molecular flexibility index (Phi) is 52.3. The van der Waals surface area contributed by atoms with Gasteiger partial charge >= 0.3 is 17.9 Å². The Balaban J connectivity index is 4.35. The van der Waals surface area contributed by atoms with Crippen LogP contribution in [0, 0.1) is 0 Å². The van der Waals surface area contributed by atoms with Gasteiger partial charge in [0.2, 0.25) is 0 Å². The molecule has 0 saturated heterocycles. The minimum atomic E-state index is -0.775. The highest BCUT2D eigenvalue weighted by atomic mass is 16.6. The van der Waals surface area contributed by atoms with E-state index in [1.807, 2.05) is 0 Å². The third-order valence-electron chi connectivity index (χ3n) is 12.6. The lowest BCUT2D eigenvalue weighted by Crippen LogP contribution is -2.30. The van der Waals surface area contributed by atoms with E-state index in [1.54, 1.807) is 0 Å². The number of carbonyl (C=O) groups excluding carboxylic acids is 3. The van der Waals surface area contributed by atoms with Crippen LogP contribution in [0.5, 0.6) is 0 Å². The fraction of sp³-hybridized carbons (Fsp3) is 0.847. The van der Waals surface area contributed by atoms with Gasteiger partial charge in [-0.2, -0.15) is 0 Å². The summed E-state index contributed by atoms with van der Waals surface area (Å²) in [6.45, 7) is 6.62. The zero-order valence-electron chi connectivity index (χ0n) is 43.5. The van der Waals surface area contributed by atoms with Gasteiger partial charge in [-0.05, 0) is 77.0 Å². The van der Waals surface area contributed by atoms with Crippen LogP contribution < -0.4 is 0 Å². The van der Waals surface area contributed by atoms with Crippen molar-refractivity contribution in [2.24, 2.45) is 0 Å². The van der Waals surface area contributed by atoms with E-state index in [0.717, 1.165) is 77.0 Å². The van der Waals surface area contributed by atoms with Gasteiger partial charge in [-0.15, -0.1) is 0 Å². The highest BCUT2D eigenvalue weighted by Gasteiger charge is 2.19. The molecule has 6 nitrogen and oxygen atoms in total. The second-order valence-corrected chi connectivity index (χ2v) is 19.2. The fourth-order valence-corrected chi connectivity index (χ4v) is 8.29. The largest absolute Gasteiger partial charge is 0.462 e. The minimum Gasteiger partial charge on any atom is -0.462 e. The summed E-state index contributed by atoms with van der Waals surface area (Å²) in [4.78, 5) is 38.1. The Morgan fingerprint density at radius 2 is 0.554 bits per heavy atom. The molecule has 0 amide bonds. The van der Waals surface area contributed by atoms with Gasteiger partial charge in [0.15, 0.2) is 6.10 Å². The average Bonchev–Trinajstić information content (AvgIpc) is 3.30. The maximum atomic E-state index is 12.8. The third-order valence-corrected chi connectivity index (χ3v) is 12.6. The van der Waals surface area contributed by atoms with Gasteiger partial charge in [-0.1, -0.05) is 243 Å². The zero-order chi connectivity index (χ0) is 47.2. The highest BCUT2D eigenvalue weighted by molar-refractivity contribution is 5.71.